The van der Waals surface area contributed by atoms with Gasteiger partial charge in [0.15, 0.2) is 0 Å². The van der Waals surface area contributed by atoms with Gasteiger partial charge in [0.1, 0.15) is 12.6 Å². The second kappa shape index (κ2) is 6.81. The normalized spacial score (nSPS) is 27.3. The number of thiol groups is 1. The van der Waals surface area contributed by atoms with Crippen LogP contribution in [0, 0.1) is 5.92 Å². The monoisotopic (exact) mass is 358 g/mol. The summed E-state index contributed by atoms with van der Waals surface area (Å²) in [5, 5.41) is 12.2. The molecule has 2 unspecified atom stereocenters. The summed E-state index contributed by atoms with van der Waals surface area (Å²) in [6, 6.07) is 14.0. The first-order valence-electron chi connectivity index (χ1n) is 8.66. The average Bonchev–Trinajstić information content (AvgIpc) is 2.98. The van der Waals surface area contributed by atoms with E-state index in [0.717, 1.165) is 16.3 Å². The molecule has 3 rings (SSSR count). The fraction of sp³-hybridized carbons (Fsp3) is 0.400. The molecule has 0 bridgehead atoms. The maximum atomic E-state index is 12.9. The number of amides is 2. The number of hydrogen-bond donors (Lipinski definition) is 2. The van der Waals surface area contributed by atoms with Crippen LogP contribution < -0.4 is 0 Å². The molecule has 2 aromatic rings. The van der Waals surface area contributed by atoms with Gasteiger partial charge in [0, 0.05) is 18.1 Å². The molecular weight excluding hydrogens is 334 g/mol. The topological polar surface area (TPSA) is 54.4 Å². The minimum atomic E-state index is -1.05. The molecule has 132 valence electrons. The first-order chi connectivity index (χ1) is 11.9. The molecule has 0 radical (unpaired) electrons. The lowest BCUT2D eigenvalue weighted by molar-refractivity contribution is -0.794. The summed E-state index contributed by atoms with van der Waals surface area (Å²) in [6.07, 6.45) is -0.361. The first kappa shape index (κ1) is 18.0. The Morgan fingerprint density at radius 1 is 1.24 bits per heavy atom. The number of carbonyl (C=O) groups is 2. The van der Waals surface area contributed by atoms with Crippen LogP contribution in [0.1, 0.15) is 31.7 Å². The van der Waals surface area contributed by atoms with Crippen LogP contribution in [0.5, 0.6) is 0 Å². The fourth-order valence-corrected chi connectivity index (χ4v) is 4.32. The van der Waals surface area contributed by atoms with E-state index in [1.54, 1.807) is 6.92 Å². The molecule has 5 heteroatoms. The van der Waals surface area contributed by atoms with Crippen molar-refractivity contribution in [2.45, 2.75) is 32.2 Å². The van der Waals surface area contributed by atoms with Crippen LogP contribution >= 0.6 is 12.6 Å². The van der Waals surface area contributed by atoms with Crippen molar-refractivity contribution >= 4 is 35.4 Å². The highest BCUT2D eigenvalue weighted by atomic mass is 32.1. The third kappa shape index (κ3) is 2.85. The van der Waals surface area contributed by atoms with Gasteiger partial charge < -0.3 is 5.11 Å². The van der Waals surface area contributed by atoms with Crippen LogP contribution in [0.4, 0.5) is 4.79 Å². The van der Waals surface area contributed by atoms with E-state index in [0.29, 0.717) is 18.7 Å². The predicted octanol–water partition coefficient (Wildman–Crippen LogP) is 4.30. The molecule has 25 heavy (non-hydrogen) atoms. The van der Waals surface area contributed by atoms with Gasteiger partial charge in [-0.05, 0) is 30.2 Å². The van der Waals surface area contributed by atoms with Crippen molar-refractivity contribution in [2.24, 2.45) is 5.92 Å². The number of rotatable bonds is 3. The SMILES string of the molecule is CC(CS)C(=O)[N@+]1(C(=O)O)C[C@@H](c2cccc3ccccc23)CC1C. The van der Waals surface area contributed by atoms with Crippen molar-refractivity contribution in [3.8, 4) is 0 Å². The first-order valence-corrected chi connectivity index (χ1v) is 9.29. The Morgan fingerprint density at radius 2 is 1.92 bits per heavy atom. The second-order valence-corrected chi connectivity index (χ2v) is 7.47. The zero-order valence-electron chi connectivity index (χ0n) is 14.6. The lowest BCUT2D eigenvalue weighted by Gasteiger charge is -2.31. The molecule has 1 fully saturated rings. The van der Waals surface area contributed by atoms with Crippen LogP contribution in [0.25, 0.3) is 10.8 Å². The lowest BCUT2D eigenvalue weighted by atomic mass is 9.92. The number of carbonyl (C=O) groups excluding carboxylic acids is 1. The van der Waals surface area contributed by atoms with Gasteiger partial charge in [-0.25, -0.2) is 4.79 Å². The minimum absolute atomic E-state index is 0.0493. The summed E-state index contributed by atoms with van der Waals surface area (Å²) in [5.41, 5.74) is 1.14. The third-order valence-electron chi connectivity index (χ3n) is 5.58. The molecule has 1 N–H and O–H groups in total. The van der Waals surface area contributed by atoms with Gasteiger partial charge in [-0.1, -0.05) is 42.5 Å². The largest absolute Gasteiger partial charge is 0.521 e. The number of nitrogens with zero attached hydrogens (tertiary/aromatic N) is 1. The molecule has 0 aromatic heterocycles. The number of hydrogen-bond acceptors (Lipinski definition) is 3. The van der Waals surface area contributed by atoms with Crippen molar-refractivity contribution in [2.75, 3.05) is 12.3 Å². The number of fused-ring (bicyclic) bond motifs is 1. The van der Waals surface area contributed by atoms with Crippen molar-refractivity contribution in [1.82, 2.24) is 0 Å². The summed E-state index contributed by atoms with van der Waals surface area (Å²) in [4.78, 5) is 25.1. The summed E-state index contributed by atoms with van der Waals surface area (Å²) in [7, 11) is 0. The van der Waals surface area contributed by atoms with E-state index in [2.05, 4.69) is 36.9 Å². The standard InChI is InChI=1S/C20H23NO3S/c1-13(12-25)19(22)21(20(23)24)11-16(10-14(21)2)18-9-5-7-15-6-3-4-8-17(15)18/h3-9,13-14,16H,10-12H2,1-2H3,(H-,23,24,25)/p+1/t13?,14?,16-,21-/m0/s1. The van der Waals surface area contributed by atoms with Crippen LogP contribution in [0.3, 0.4) is 0 Å². The predicted molar refractivity (Wildman–Crippen MR) is 102 cm³/mol. The summed E-state index contributed by atoms with van der Waals surface area (Å²) in [6.45, 7) is 3.94. The molecule has 1 aliphatic heterocycles. The van der Waals surface area contributed by atoms with Crippen molar-refractivity contribution in [3.05, 3.63) is 48.0 Å². The van der Waals surface area contributed by atoms with E-state index in [-0.39, 0.29) is 23.8 Å². The zero-order valence-corrected chi connectivity index (χ0v) is 15.4. The van der Waals surface area contributed by atoms with Gasteiger partial charge in [0.05, 0.1) is 5.92 Å². The van der Waals surface area contributed by atoms with Gasteiger partial charge in [-0.2, -0.15) is 21.9 Å². The Labute approximate surface area is 153 Å². The molecule has 1 heterocycles. The van der Waals surface area contributed by atoms with Crippen molar-refractivity contribution in [1.29, 1.82) is 0 Å². The number of imide groups is 1. The molecule has 0 saturated carbocycles. The van der Waals surface area contributed by atoms with Crippen LogP contribution in [-0.2, 0) is 4.79 Å². The van der Waals surface area contributed by atoms with E-state index in [4.69, 9.17) is 0 Å². The quantitative estimate of drug-likeness (QED) is 0.635. The van der Waals surface area contributed by atoms with Gasteiger partial charge in [-0.15, -0.1) is 0 Å². The summed E-state index contributed by atoms with van der Waals surface area (Å²) >= 11 is 4.20. The average molecular weight is 358 g/mol. The van der Waals surface area contributed by atoms with E-state index >= 15 is 0 Å². The number of likely N-dealkylation sites (tertiary alicyclic amines) is 1. The Hall–Kier alpha value is -1.85. The van der Waals surface area contributed by atoms with Crippen LogP contribution in [-0.4, -0.2) is 39.9 Å². The molecule has 4 atom stereocenters. The molecule has 0 aliphatic carbocycles. The van der Waals surface area contributed by atoms with Crippen molar-refractivity contribution in [3.63, 3.8) is 0 Å². The molecule has 1 aliphatic rings. The fourth-order valence-electron chi connectivity index (χ4n) is 4.17. The highest BCUT2D eigenvalue weighted by Gasteiger charge is 2.57. The molecule has 0 spiro atoms. The molecule has 4 nitrogen and oxygen atoms in total. The summed E-state index contributed by atoms with van der Waals surface area (Å²) < 4.78 is -0.490. The Kier molecular flexibility index (Phi) is 4.89. The second-order valence-electron chi connectivity index (χ2n) is 7.11. The lowest BCUT2D eigenvalue weighted by Crippen LogP contribution is -2.60. The van der Waals surface area contributed by atoms with Gasteiger partial charge in [-0.3, -0.25) is 0 Å². The Morgan fingerprint density at radius 3 is 2.60 bits per heavy atom. The maximum absolute atomic E-state index is 12.9. The van der Waals surface area contributed by atoms with Crippen LogP contribution in [0.15, 0.2) is 42.5 Å². The Bertz CT molecular complexity index is 816. The number of quaternary nitrogens is 1. The smallest absolute Gasteiger partial charge is 0.435 e. The number of benzene rings is 2. The van der Waals surface area contributed by atoms with Crippen molar-refractivity contribution < 1.29 is 19.2 Å². The Balaban J connectivity index is 2.04. The van der Waals surface area contributed by atoms with Gasteiger partial charge in [0.2, 0.25) is 0 Å². The van der Waals surface area contributed by atoms with Gasteiger partial charge in [0.25, 0.3) is 0 Å². The molecule has 2 amide bonds. The van der Waals surface area contributed by atoms with Gasteiger partial charge >= 0.3 is 12.0 Å². The minimum Gasteiger partial charge on any atom is -0.435 e. The summed E-state index contributed by atoms with van der Waals surface area (Å²) in [5.74, 6) is -0.211. The van der Waals surface area contributed by atoms with E-state index in [9.17, 15) is 14.7 Å². The van der Waals surface area contributed by atoms with E-state index < -0.39 is 10.6 Å². The highest BCUT2D eigenvalue weighted by Crippen LogP contribution is 2.41. The molecular formula is C20H24NO3S+. The van der Waals surface area contributed by atoms with Crippen LogP contribution in [0.2, 0.25) is 0 Å². The molecule has 2 aromatic carbocycles. The number of carboxylic acid groups (broad SMARTS) is 1. The van der Waals surface area contributed by atoms with E-state index in [1.165, 1.54) is 0 Å². The zero-order chi connectivity index (χ0) is 18.2. The highest BCUT2D eigenvalue weighted by molar-refractivity contribution is 7.80. The molecule has 1 saturated heterocycles. The maximum Gasteiger partial charge on any atom is 0.521 e. The third-order valence-corrected chi connectivity index (χ3v) is 6.13. The van der Waals surface area contributed by atoms with E-state index in [1.807, 2.05) is 25.1 Å².